The predicted octanol–water partition coefficient (Wildman–Crippen LogP) is 5.19. The van der Waals surface area contributed by atoms with Crippen LogP contribution in [0.15, 0.2) is 69.8 Å². The van der Waals surface area contributed by atoms with Crippen LogP contribution < -0.4 is 0 Å². The lowest BCUT2D eigenvalue weighted by atomic mass is 10.1. The average molecular weight is 322 g/mol. The molecule has 0 saturated carbocycles. The molecule has 0 aliphatic rings. The highest BCUT2D eigenvalue weighted by atomic mass is 16.6. The highest BCUT2D eigenvalue weighted by Crippen LogP contribution is 2.21. The van der Waals surface area contributed by atoms with Gasteiger partial charge >= 0.3 is 0 Å². The van der Waals surface area contributed by atoms with Gasteiger partial charge in [0.25, 0.3) is 5.69 Å². The third kappa shape index (κ3) is 5.26. The van der Waals surface area contributed by atoms with Crippen molar-refractivity contribution in [1.82, 2.24) is 0 Å². The molecule has 6 heteroatoms. The van der Waals surface area contributed by atoms with E-state index in [0.717, 1.165) is 5.56 Å². The zero-order chi connectivity index (χ0) is 17.6. The van der Waals surface area contributed by atoms with E-state index in [9.17, 15) is 10.1 Å². The summed E-state index contributed by atoms with van der Waals surface area (Å²) in [5, 5.41) is 19.0. The van der Waals surface area contributed by atoms with Crippen molar-refractivity contribution < 1.29 is 4.92 Å². The maximum atomic E-state index is 10.7. The molecule has 0 aliphatic carbocycles. The van der Waals surface area contributed by atoms with Crippen molar-refractivity contribution in [1.29, 1.82) is 0 Å². The van der Waals surface area contributed by atoms with Gasteiger partial charge in [-0.05, 0) is 32.9 Å². The molecule has 0 spiro atoms. The predicted molar refractivity (Wildman–Crippen MR) is 94.6 cm³/mol. The summed E-state index contributed by atoms with van der Waals surface area (Å²) in [5.74, 6) is 2.95. The zero-order valence-corrected chi connectivity index (χ0v) is 13.8. The van der Waals surface area contributed by atoms with Crippen LogP contribution in [0.25, 0.3) is 5.70 Å². The quantitative estimate of drug-likeness (QED) is 0.336. The summed E-state index contributed by atoms with van der Waals surface area (Å²) >= 11 is 0. The molecule has 24 heavy (non-hydrogen) atoms. The lowest BCUT2D eigenvalue weighted by Crippen LogP contribution is -2.08. The lowest BCUT2D eigenvalue weighted by molar-refractivity contribution is -0.384. The number of rotatable bonds is 4. The smallest absolute Gasteiger partial charge is 0.258 e. The monoisotopic (exact) mass is 322 g/mol. The number of nitro benzene ring substituents is 1. The van der Waals surface area contributed by atoms with Gasteiger partial charge in [-0.25, -0.2) is 4.99 Å². The van der Waals surface area contributed by atoms with E-state index in [1.54, 1.807) is 12.1 Å². The zero-order valence-electron chi connectivity index (χ0n) is 13.8. The van der Waals surface area contributed by atoms with Gasteiger partial charge in [0.1, 0.15) is 0 Å². The maximum Gasteiger partial charge on any atom is 0.269 e. The molecule has 0 atom stereocenters. The molecule has 0 fully saturated rings. The Morgan fingerprint density at radius 3 is 2.21 bits per heavy atom. The largest absolute Gasteiger partial charge is 0.269 e. The minimum atomic E-state index is -0.452. The number of non-ortho nitro benzene ring substituents is 1. The molecule has 0 aromatic heterocycles. The fourth-order valence-corrected chi connectivity index (χ4v) is 1.71. The molecule has 0 radical (unpaired) electrons. The van der Waals surface area contributed by atoms with Gasteiger partial charge in [0.15, 0.2) is 5.70 Å². The van der Waals surface area contributed by atoms with E-state index in [1.165, 1.54) is 12.1 Å². The highest BCUT2D eigenvalue weighted by molar-refractivity contribution is 5.89. The summed E-state index contributed by atoms with van der Waals surface area (Å²) in [6, 6.07) is 15.4. The number of hydrogen-bond donors (Lipinski definition) is 0. The Bertz CT molecular complexity index is 797. The van der Waals surface area contributed by atoms with E-state index in [0.29, 0.717) is 11.4 Å². The molecule has 0 amide bonds. The van der Waals surface area contributed by atoms with Crippen molar-refractivity contribution >= 4 is 22.9 Å². The Hall–Kier alpha value is -3.11. The SMILES string of the molecule is CC(C)(C)N=C=C(N=Nc1ccc([N+](=O)[O-])cc1)c1ccccc1. The topological polar surface area (TPSA) is 80.2 Å². The fraction of sp³-hybridized carbons (Fsp3) is 0.222. The van der Waals surface area contributed by atoms with E-state index in [1.807, 2.05) is 51.1 Å². The first kappa shape index (κ1) is 17.2. The number of hydrogen-bond acceptors (Lipinski definition) is 5. The lowest BCUT2D eigenvalue weighted by Gasteiger charge is -2.08. The van der Waals surface area contributed by atoms with E-state index >= 15 is 0 Å². The average Bonchev–Trinajstić information content (AvgIpc) is 2.55. The minimum absolute atomic E-state index is 0.0158. The van der Waals surface area contributed by atoms with Crippen molar-refractivity contribution in [3.63, 3.8) is 0 Å². The molecule has 0 unspecified atom stereocenters. The van der Waals surface area contributed by atoms with Crippen molar-refractivity contribution in [2.24, 2.45) is 15.2 Å². The second-order valence-corrected chi connectivity index (χ2v) is 6.08. The molecular weight excluding hydrogens is 304 g/mol. The number of nitro groups is 1. The summed E-state index contributed by atoms with van der Waals surface area (Å²) in [6.07, 6.45) is 0. The van der Waals surface area contributed by atoms with Crippen molar-refractivity contribution in [2.45, 2.75) is 26.3 Å². The Morgan fingerprint density at radius 1 is 1.04 bits per heavy atom. The fourth-order valence-electron chi connectivity index (χ4n) is 1.71. The van der Waals surface area contributed by atoms with Crippen molar-refractivity contribution in [3.05, 3.63) is 70.3 Å². The molecule has 2 aromatic rings. The normalized spacial score (nSPS) is 11.1. The van der Waals surface area contributed by atoms with Gasteiger partial charge in [-0.15, -0.1) is 10.2 Å². The summed E-state index contributed by atoms with van der Waals surface area (Å²) < 4.78 is 0. The van der Waals surface area contributed by atoms with Gasteiger partial charge in [0.05, 0.1) is 16.1 Å². The molecular formula is C18H18N4O2. The van der Waals surface area contributed by atoms with Crippen molar-refractivity contribution in [3.8, 4) is 0 Å². The van der Waals surface area contributed by atoms with Crippen LogP contribution in [-0.4, -0.2) is 16.3 Å². The van der Waals surface area contributed by atoms with Crippen LogP contribution >= 0.6 is 0 Å². The molecule has 0 bridgehead atoms. The molecule has 122 valence electrons. The first-order chi connectivity index (χ1) is 11.3. The van der Waals surface area contributed by atoms with E-state index in [-0.39, 0.29) is 11.2 Å². The van der Waals surface area contributed by atoms with Gasteiger partial charge in [0.2, 0.25) is 0 Å². The maximum absolute atomic E-state index is 10.7. The second-order valence-electron chi connectivity index (χ2n) is 6.08. The molecule has 6 nitrogen and oxygen atoms in total. The number of nitrogens with zero attached hydrogens (tertiary/aromatic N) is 4. The van der Waals surface area contributed by atoms with Crippen LogP contribution in [-0.2, 0) is 0 Å². The van der Waals surface area contributed by atoms with Crippen LogP contribution in [0.3, 0.4) is 0 Å². The van der Waals surface area contributed by atoms with Gasteiger partial charge in [0, 0.05) is 23.6 Å². The Labute approximate surface area is 140 Å². The Morgan fingerprint density at radius 2 is 1.67 bits per heavy atom. The van der Waals surface area contributed by atoms with E-state index in [4.69, 9.17) is 0 Å². The standard InChI is InChI=1S/C18H18N4O2/c1-18(2,3)19-13-17(14-7-5-4-6-8-14)21-20-15-9-11-16(12-10-15)22(23)24/h4-12H,1-3H3. The third-order valence-electron chi connectivity index (χ3n) is 2.87. The van der Waals surface area contributed by atoms with Crippen molar-refractivity contribution in [2.75, 3.05) is 0 Å². The summed E-state index contributed by atoms with van der Waals surface area (Å²) in [4.78, 5) is 14.6. The van der Waals surface area contributed by atoms with Gasteiger partial charge < -0.3 is 0 Å². The highest BCUT2D eigenvalue weighted by Gasteiger charge is 2.07. The molecule has 0 saturated heterocycles. The third-order valence-corrected chi connectivity index (χ3v) is 2.87. The van der Waals surface area contributed by atoms with Crippen LogP contribution in [0.2, 0.25) is 0 Å². The van der Waals surface area contributed by atoms with Crippen LogP contribution in [0, 0.1) is 10.1 Å². The molecule has 0 N–H and O–H groups in total. The molecule has 0 aliphatic heterocycles. The van der Waals surface area contributed by atoms with Gasteiger partial charge in [-0.2, -0.15) is 0 Å². The van der Waals surface area contributed by atoms with Crippen LogP contribution in [0.4, 0.5) is 11.4 Å². The molecule has 0 heterocycles. The molecule has 2 aromatic carbocycles. The van der Waals surface area contributed by atoms with Gasteiger partial charge in [-0.3, -0.25) is 10.1 Å². The van der Waals surface area contributed by atoms with Crippen LogP contribution in [0.1, 0.15) is 26.3 Å². The Balaban J connectivity index is 2.35. The van der Waals surface area contributed by atoms with Gasteiger partial charge in [-0.1, -0.05) is 30.3 Å². The second kappa shape index (κ2) is 7.44. The number of benzene rings is 2. The first-order valence-electron chi connectivity index (χ1n) is 7.42. The summed E-state index contributed by atoms with van der Waals surface area (Å²) in [5.41, 5.74) is 1.61. The van der Waals surface area contributed by atoms with E-state index in [2.05, 4.69) is 21.1 Å². The number of aliphatic imine (C=N–C) groups is 1. The Kier molecular flexibility index (Phi) is 5.35. The first-order valence-corrected chi connectivity index (χ1v) is 7.42. The summed E-state index contributed by atoms with van der Waals surface area (Å²) in [7, 11) is 0. The number of azo groups is 1. The summed E-state index contributed by atoms with van der Waals surface area (Å²) in [6.45, 7) is 5.91. The molecule has 2 rings (SSSR count). The van der Waals surface area contributed by atoms with Crippen LogP contribution in [0.5, 0.6) is 0 Å². The van der Waals surface area contributed by atoms with E-state index < -0.39 is 4.92 Å². The minimum Gasteiger partial charge on any atom is -0.258 e.